The van der Waals surface area contributed by atoms with Crippen LogP contribution in [0, 0.1) is 5.92 Å². The lowest BCUT2D eigenvalue weighted by Crippen LogP contribution is -2.52. The summed E-state index contributed by atoms with van der Waals surface area (Å²) in [6, 6.07) is -1.91. The van der Waals surface area contributed by atoms with Crippen LogP contribution in [0.4, 0.5) is 26.3 Å². The van der Waals surface area contributed by atoms with Gasteiger partial charge in [-0.25, -0.2) is 4.79 Å². The molecule has 1 rings (SSSR count). The van der Waals surface area contributed by atoms with E-state index in [1.807, 2.05) is 0 Å². The van der Waals surface area contributed by atoms with Crippen LogP contribution in [0.1, 0.15) is 6.42 Å². The van der Waals surface area contributed by atoms with Crippen LogP contribution in [-0.4, -0.2) is 58.0 Å². The summed E-state index contributed by atoms with van der Waals surface area (Å²) in [5.74, 6) is -8.51. The zero-order chi connectivity index (χ0) is 15.9. The normalized spacial score (nSPS) is 24.3. The minimum absolute atomic E-state index is 0.0986. The summed E-state index contributed by atoms with van der Waals surface area (Å²) in [7, 11) is 0. The molecule has 0 aromatic heterocycles. The van der Waals surface area contributed by atoms with Gasteiger partial charge in [0.05, 0.1) is 6.10 Å². The Morgan fingerprint density at radius 2 is 1.55 bits per heavy atom. The van der Waals surface area contributed by atoms with E-state index in [0.717, 1.165) is 0 Å². The summed E-state index contributed by atoms with van der Waals surface area (Å²) in [5, 5.41) is 17.8. The number of carbonyl (C=O) groups is 2. The number of rotatable bonds is 2. The summed E-state index contributed by atoms with van der Waals surface area (Å²) >= 11 is 0. The number of amides is 1. The molecular weight excluding hydrogens is 300 g/mol. The van der Waals surface area contributed by atoms with Gasteiger partial charge in [0.2, 0.25) is 11.8 Å². The van der Waals surface area contributed by atoms with Gasteiger partial charge in [-0.2, -0.15) is 26.3 Å². The van der Waals surface area contributed by atoms with Gasteiger partial charge in [0.1, 0.15) is 6.04 Å². The Hall–Kier alpha value is -1.52. The molecule has 1 fully saturated rings. The number of aliphatic hydroxyl groups excluding tert-OH is 1. The van der Waals surface area contributed by atoms with Gasteiger partial charge in [0.25, 0.3) is 0 Å². The van der Waals surface area contributed by atoms with E-state index in [1.165, 1.54) is 0 Å². The highest BCUT2D eigenvalue weighted by atomic mass is 19.4. The van der Waals surface area contributed by atoms with Crippen molar-refractivity contribution in [2.75, 3.05) is 6.54 Å². The third-order valence-corrected chi connectivity index (χ3v) is 2.75. The molecule has 0 spiro atoms. The highest BCUT2D eigenvalue weighted by Gasteiger charge is 2.63. The number of alkyl halides is 6. The fourth-order valence-electron chi connectivity index (χ4n) is 1.92. The van der Waals surface area contributed by atoms with Crippen LogP contribution in [0.3, 0.4) is 0 Å². The third kappa shape index (κ3) is 3.32. The number of nitrogens with zero attached hydrogens (tertiary/aromatic N) is 1. The standard InChI is InChI=1S/C9H9F6NO4/c10-8(11,12)5(9(13,14)15)6(18)16-2-3(17)1-4(16)7(19)20/h3-5,17H,1-2H2,(H,19,20). The molecule has 1 heterocycles. The van der Waals surface area contributed by atoms with E-state index in [2.05, 4.69) is 0 Å². The lowest BCUT2D eigenvalue weighted by molar-refractivity contribution is -0.278. The van der Waals surface area contributed by atoms with Gasteiger partial charge in [-0.05, 0) is 0 Å². The summed E-state index contributed by atoms with van der Waals surface area (Å²) in [6.07, 6.45) is -13.9. The van der Waals surface area contributed by atoms with Crippen molar-refractivity contribution >= 4 is 11.9 Å². The summed E-state index contributed by atoms with van der Waals surface area (Å²) < 4.78 is 74.2. The second-order valence-corrected chi connectivity index (χ2v) is 4.25. The molecular formula is C9H9F6NO4. The van der Waals surface area contributed by atoms with E-state index in [4.69, 9.17) is 10.2 Å². The van der Waals surface area contributed by atoms with Crippen LogP contribution in [0.2, 0.25) is 0 Å². The summed E-state index contributed by atoms with van der Waals surface area (Å²) in [5.41, 5.74) is 0. The van der Waals surface area contributed by atoms with E-state index in [-0.39, 0.29) is 4.90 Å². The van der Waals surface area contributed by atoms with E-state index in [1.54, 1.807) is 0 Å². The number of likely N-dealkylation sites (tertiary alicyclic amines) is 1. The monoisotopic (exact) mass is 309 g/mol. The first-order valence-corrected chi connectivity index (χ1v) is 5.20. The van der Waals surface area contributed by atoms with E-state index >= 15 is 0 Å². The smallest absolute Gasteiger partial charge is 0.409 e. The largest absolute Gasteiger partial charge is 0.480 e. The molecule has 0 aromatic rings. The van der Waals surface area contributed by atoms with Gasteiger partial charge in [0.15, 0.2) is 0 Å². The number of aliphatic hydroxyl groups is 1. The molecule has 2 N–H and O–H groups in total. The summed E-state index contributed by atoms with van der Waals surface area (Å²) in [6.45, 7) is -0.890. The van der Waals surface area contributed by atoms with Crippen molar-refractivity contribution in [1.82, 2.24) is 4.90 Å². The van der Waals surface area contributed by atoms with E-state index < -0.39 is 55.3 Å². The lowest BCUT2D eigenvalue weighted by atomic mass is 10.1. The predicted molar refractivity (Wildman–Crippen MR) is 49.4 cm³/mol. The molecule has 0 aliphatic carbocycles. The van der Waals surface area contributed by atoms with Crippen LogP contribution >= 0.6 is 0 Å². The molecule has 20 heavy (non-hydrogen) atoms. The van der Waals surface area contributed by atoms with Crippen molar-refractivity contribution in [2.45, 2.75) is 30.9 Å². The maximum atomic E-state index is 12.4. The molecule has 1 aliphatic rings. The number of carboxylic acid groups (broad SMARTS) is 1. The van der Waals surface area contributed by atoms with Crippen molar-refractivity contribution in [3.8, 4) is 0 Å². The maximum Gasteiger partial charge on any atom is 0.409 e. The molecule has 1 saturated heterocycles. The molecule has 0 radical (unpaired) electrons. The van der Waals surface area contributed by atoms with Crippen LogP contribution in [0.5, 0.6) is 0 Å². The average molecular weight is 309 g/mol. The molecule has 11 heteroatoms. The fourth-order valence-corrected chi connectivity index (χ4v) is 1.92. The zero-order valence-electron chi connectivity index (χ0n) is 9.57. The van der Waals surface area contributed by atoms with Gasteiger partial charge in [-0.1, -0.05) is 0 Å². The number of carbonyl (C=O) groups excluding carboxylic acids is 1. The molecule has 116 valence electrons. The number of carboxylic acids is 1. The SMILES string of the molecule is O=C(O)C1CC(O)CN1C(=O)C(C(F)(F)F)C(F)(F)F. The second kappa shape index (κ2) is 5.11. The van der Waals surface area contributed by atoms with Crippen LogP contribution in [0.15, 0.2) is 0 Å². The molecule has 0 bridgehead atoms. The maximum absolute atomic E-state index is 12.4. The molecule has 1 amide bonds. The van der Waals surface area contributed by atoms with Crippen molar-refractivity contribution in [3.63, 3.8) is 0 Å². The molecule has 5 nitrogen and oxygen atoms in total. The Morgan fingerprint density at radius 3 is 1.90 bits per heavy atom. The van der Waals surface area contributed by atoms with Gasteiger partial charge in [0, 0.05) is 13.0 Å². The topological polar surface area (TPSA) is 77.8 Å². The number of hydrogen-bond donors (Lipinski definition) is 2. The van der Waals surface area contributed by atoms with Crippen LogP contribution < -0.4 is 0 Å². The molecule has 2 unspecified atom stereocenters. The lowest BCUT2D eigenvalue weighted by Gasteiger charge is -2.28. The summed E-state index contributed by atoms with van der Waals surface area (Å²) in [4.78, 5) is 22.0. The van der Waals surface area contributed by atoms with Crippen LogP contribution in [0.25, 0.3) is 0 Å². The highest BCUT2D eigenvalue weighted by Crippen LogP contribution is 2.41. The Bertz CT molecular complexity index is 392. The Balaban J connectivity index is 3.10. The second-order valence-electron chi connectivity index (χ2n) is 4.25. The Morgan fingerprint density at radius 1 is 1.10 bits per heavy atom. The minimum Gasteiger partial charge on any atom is -0.480 e. The first-order chi connectivity index (χ1) is 8.85. The molecule has 0 aromatic carbocycles. The quantitative estimate of drug-likeness (QED) is 0.739. The van der Waals surface area contributed by atoms with Crippen molar-refractivity contribution < 1.29 is 46.1 Å². The highest BCUT2D eigenvalue weighted by molar-refractivity contribution is 5.86. The van der Waals surface area contributed by atoms with Crippen molar-refractivity contribution in [2.24, 2.45) is 5.92 Å². The van der Waals surface area contributed by atoms with E-state index in [9.17, 15) is 35.9 Å². The van der Waals surface area contributed by atoms with Crippen molar-refractivity contribution in [3.05, 3.63) is 0 Å². The average Bonchev–Trinajstić information content (AvgIpc) is 2.55. The number of halogens is 6. The molecule has 0 saturated carbocycles. The molecule has 2 atom stereocenters. The fraction of sp³-hybridized carbons (Fsp3) is 0.778. The van der Waals surface area contributed by atoms with Gasteiger partial charge in [-0.15, -0.1) is 0 Å². The first kappa shape index (κ1) is 16.5. The zero-order valence-corrected chi connectivity index (χ0v) is 9.57. The van der Waals surface area contributed by atoms with Crippen LogP contribution in [-0.2, 0) is 9.59 Å². The number of hydrogen-bond acceptors (Lipinski definition) is 3. The molecule has 1 aliphatic heterocycles. The Labute approximate surface area is 107 Å². The third-order valence-electron chi connectivity index (χ3n) is 2.75. The number of β-amino-alcohol motifs (C(OH)–C–C–N with tert-alkyl or cyclic N) is 1. The van der Waals surface area contributed by atoms with E-state index in [0.29, 0.717) is 0 Å². The van der Waals surface area contributed by atoms with Gasteiger partial charge in [-0.3, -0.25) is 4.79 Å². The van der Waals surface area contributed by atoms with Gasteiger partial charge < -0.3 is 15.1 Å². The predicted octanol–water partition coefficient (Wildman–Crippen LogP) is 0.774. The van der Waals surface area contributed by atoms with Crippen molar-refractivity contribution in [1.29, 1.82) is 0 Å². The Kier molecular flexibility index (Phi) is 4.22. The first-order valence-electron chi connectivity index (χ1n) is 5.20. The number of aliphatic carboxylic acids is 1. The minimum atomic E-state index is -5.90. The van der Waals surface area contributed by atoms with Gasteiger partial charge >= 0.3 is 18.3 Å².